The van der Waals surface area contributed by atoms with Crippen LogP contribution in [0, 0.1) is 10.8 Å². The van der Waals surface area contributed by atoms with Crippen LogP contribution in [-0.4, -0.2) is 31.7 Å². The van der Waals surface area contributed by atoms with Crippen LogP contribution in [0.1, 0.15) is 60.8 Å². The highest BCUT2D eigenvalue weighted by molar-refractivity contribution is 7.89. The predicted molar refractivity (Wildman–Crippen MR) is 124 cm³/mol. The van der Waals surface area contributed by atoms with E-state index < -0.39 is 27.3 Å². The Balaban J connectivity index is 1.89. The van der Waals surface area contributed by atoms with Gasteiger partial charge in [-0.15, -0.1) is 0 Å². The average Bonchev–Trinajstić information content (AvgIpc) is 2.64. The molecule has 1 atom stereocenters. The smallest absolute Gasteiger partial charge is 0.309 e. The normalized spacial score (nSPS) is 17.7. The van der Waals surface area contributed by atoms with Gasteiger partial charge in [-0.1, -0.05) is 38.1 Å². The quantitative estimate of drug-likeness (QED) is 0.608. The number of carbonyl (C=O) groups is 2. The van der Waals surface area contributed by atoms with Gasteiger partial charge in [0.05, 0.1) is 17.7 Å². The monoisotopic (exact) mass is 458 g/mol. The van der Waals surface area contributed by atoms with Gasteiger partial charge in [-0.2, -0.15) is 0 Å². The van der Waals surface area contributed by atoms with Crippen molar-refractivity contribution in [2.45, 2.75) is 46.6 Å². The summed E-state index contributed by atoms with van der Waals surface area (Å²) in [6.45, 7) is 7.70. The van der Waals surface area contributed by atoms with Crippen LogP contribution in [0.2, 0.25) is 0 Å². The molecule has 2 aromatic rings. The maximum Gasteiger partial charge on any atom is 0.309 e. The second-order valence-corrected chi connectivity index (χ2v) is 11.7. The average molecular weight is 459 g/mol. The Morgan fingerprint density at radius 2 is 1.88 bits per heavy atom. The van der Waals surface area contributed by atoms with Crippen LogP contribution in [0.5, 0.6) is 0 Å². The van der Waals surface area contributed by atoms with Gasteiger partial charge in [0.2, 0.25) is 10.0 Å². The van der Waals surface area contributed by atoms with Crippen LogP contribution in [-0.2, 0) is 27.7 Å². The van der Waals surface area contributed by atoms with Gasteiger partial charge in [0.15, 0.2) is 0 Å². The third-order valence-electron chi connectivity index (χ3n) is 5.88. The van der Waals surface area contributed by atoms with Crippen molar-refractivity contribution >= 4 is 27.6 Å². The van der Waals surface area contributed by atoms with E-state index in [1.54, 1.807) is 32.0 Å². The molecule has 8 heteroatoms. The molecule has 1 unspecified atom stereocenters. The van der Waals surface area contributed by atoms with Crippen molar-refractivity contribution < 1.29 is 23.1 Å². The summed E-state index contributed by atoms with van der Waals surface area (Å²) in [4.78, 5) is 23.8. The van der Waals surface area contributed by atoms with Gasteiger partial charge in [0.25, 0.3) is 5.91 Å². The van der Waals surface area contributed by atoms with Crippen molar-refractivity contribution in [2.24, 2.45) is 10.8 Å². The number of anilines is 1. The minimum atomic E-state index is -3.64. The molecule has 32 heavy (non-hydrogen) atoms. The SMILES string of the molecule is CC(C)(Cc1cccc(C2Nc3ccc(C(=O)NS(C)(=O)=O)cc3CC2(C)C)c1)C(=O)O. The highest BCUT2D eigenvalue weighted by atomic mass is 32.2. The van der Waals surface area contributed by atoms with Gasteiger partial charge in [-0.25, -0.2) is 13.1 Å². The van der Waals surface area contributed by atoms with Crippen molar-refractivity contribution in [2.75, 3.05) is 11.6 Å². The molecule has 3 N–H and O–H groups in total. The maximum atomic E-state index is 12.2. The standard InChI is InChI=1S/C24H30N2O5S/c1-23(2)14-18-12-17(21(27)26-32(5,30)31)9-10-19(18)25-20(23)16-8-6-7-15(11-16)13-24(3,4)22(28)29/h6-12,20,25H,13-14H2,1-5H3,(H,26,27)(H,28,29). The van der Waals surface area contributed by atoms with E-state index in [-0.39, 0.29) is 11.5 Å². The van der Waals surface area contributed by atoms with E-state index >= 15 is 0 Å². The fourth-order valence-corrected chi connectivity index (χ4v) is 4.65. The number of carboxylic acid groups (broad SMARTS) is 1. The molecular formula is C24H30N2O5S. The van der Waals surface area contributed by atoms with E-state index in [0.29, 0.717) is 18.4 Å². The summed E-state index contributed by atoms with van der Waals surface area (Å²) in [6.07, 6.45) is 2.06. The summed E-state index contributed by atoms with van der Waals surface area (Å²) >= 11 is 0. The Kier molecular flexibility index (Phi) is 6.12. The summed E-state index contributed by atoms with van der Waals surface area (Å²) < 4.78 is 24.8. The lowest BCUT2D eigenvalue weighted by Crippen LogP contribution is -2.35. The first-order valence-corrected chi connectivity index (χ1v) is 12.3. The van der Waals surface area contributed by atoms with E-state index in [4.69, 9.17) is 0 Å². The van der Waals surface area contributed by atoms with Crippen LogP contribution < -0.4 is 10.0 Å². The highest BCUT2D eigenvalue weighted by Crippen LogP contribution is 2.45. The van der Waals surface area contributed by atoms with Crippen LogP contribution in [0.3, 0.4) is 0 Å². The molecule has 7 nitrogen and oxygen atoms in total. The van der Waals surface area contributed by atoms with Gasteiger partial charge < -0.3 is 10.4 Å². The zero-order valence-corrected chi connectivity index (χ0v) is 19.8. The first-order valence-electron chi connectivity index (χ1n) is 10.4. The van der Waals surface area contributed by atoms with Crippen LogP contribution in [0.4, 0.5) is 5.69 Å². The topological polar surface area (TPSA) is 113 Å². The molecule has 0 aromatic heterocycles. The summed E-state index contributed by atoms with van der Waals surface area (Å²) in [7, 11) is -3.64. The van der Waals surface area contributed by atoms with Crippen LogP contribution in [0.25, 0.3) is 0 Å². The fourth-order valence-electron chi connectivity index (χ4n) is 4.20. The van der Waals surface area contributed by atoms with Crippen molar-refractivity contribution in [3.8, 4) is 0 Å². The second-order valence-electron chi connectivity index (χ2n) is 9.93. The largest absolute Gasteiger partial charge is 0.481 e. The highest BCUT2D eigenvalue weighted by Gasteiger charge is 2.36. The fraction of sp³-hybridized carbons (Fsp3) is 0.417. The number of carbonyl (C=O) groups excluding carboxylic acids is 1. The molecule has 1 aliphatic heterocycles. The zero-order valence-electron chi connectivity index (χ0n) is 19.0. The lowest BCUT2D eigenvalue weighted by Gasteiger charge is -2.41. The van der Waals surface area contributed by atoms with E-state index in [1.807, 2.05) is 22.9 Å². The number of hydrogen-bond donors (Lipinski definition) is 3. The summed E-state index contributed by atoms with van der Waals surface area (Å²) in [5, 5.41) is 13.0. The number of nitrogens with one attached hydrogen (secondary N) is 2. The third kappa shape index (κ3) is 5.30. The zero-order chi connectivity index (χ0) is 23.9. The Bertz CT molecular complexity index is 1170. The maximum absolute atomic E-state index is 12.2. The van der Waals surface area contributed by atoms with Gasteiger partial charge in [-0.05, 0) is 67.0 Å². The molecule has 0 saturated carbocycles. The van der Waals surface area contributed by atoms with Gasteiger partial charge in [0, 0.05) is 11.3 Å². The van der Waals surface area contributed by atoms with E-state index in [0.717, 1.165) is 28.6 Å². The van der Waals surface area contributed by atoms with Crippen molar-refractivity contribution in [1.29, 1.82) is 0 Å². The number of sulfonamides is 1. The third-order valence-corrected chi connectivity index (χ3v) is 6.44. The Labute approximate surface area is 189 Å². The first kappa shape index (κ1) is 23.8. The minimum Gasteiger partial charge on any atom is -0.481 e. The molecule has 2 aromatic carbocycles. The van der Waals surface area contributed by atoms with E-state index in [9.17, 15) is 23.1 Å². The van der Waals surface area contributed by atoms with Crippen LogP contribution >= 0.6 is 0 Å². The van der Waals surface area contributed by atoms with Crippen LogP contribution in [0.15, 0.2) is 42.5 Å². The molecule has 3 rings (SSSR count). The first-order chi connectivity index (χ1) is 14.7. The lowest BCUT2D eigenvalue weighted by atomic mass is 9.72. The lowest BCUT2D eigenvalue weighted by molar-refractivity contribution is -0.146. The molecule has 0 spiro atoms. The number of amides is 1. The summed E-state index contributed by atoms with van der Waals surface area (Å²) in [5.74, 6) is -1.48. The van der Waals surface area contributed by atoms with Crippen molar-refractivity contribution in [3.05, 3.63) is 64.7 Å². The van der Waals surface area contributed by atoms with E-state index in [2.05, 4.69) is 25.2 Å². The molecule has 1 heterocycles. The Hall–Kier alpha value is -2.87. The summed E-state index contributed by atoms with van der Waals surface area (Å²) in [5.41, 5.74) is 3.09. The van der Waals surface area contributed by atoms with Crippen molar-refractivity contribution in [3.63, 3.8) is 0 Å². The van der Waals surface area contributed by atoms with E-state index in [1.165, 1.54) is 0 Å². The molecule has 0 bridgehead atoms. The van der Waals surface area contributed by atoms with Crippen molar-refractivity contribution in [1.82, 2.24) is 4.72 Å². The Morgan fingerprint density at radius 3 is 2.50 bits per heavy atom. The predicted octanol–water partition coefficient (Wildman–Crippen LogP) is 3.76. The molecular weight excluding hydrogens is 428 g/mol. The summed E-state index contributed by atoms with van der Waals surface area (Å²) in [6, 6.07) is 13.1. The number of benzene rings is 2. The number of rotatable bonds is 6. The number of carboxylic acids is 1. The molecule has 172 valence electrons. The Morgan fingerprint density at radius 1 is 1.19 bits per heavy atom. The van der Waals surface area contributed by atoms with Gasteiger partial charge >= 0.3 is 5.97 Å². The molecule has 0 radical (unpaired) electrons. The second kappa shape index (κ2) is 8.24. The molecule has 1 aliphatic rings. The molecule has 0 fully saturated rings. The molecule has 1 amide bonds. The number of fused-ring (bicyclic) bond motifs is 1. The minimum absolute atomic E-state index is 0.0152. The number of aliphatic carboxylic acids is 1. The van der Waals surface area contributed by atoms with Gasteiger partial charge in [0.1, 0.15) is 0 Å². The molecule has 0 aliphatic carbocycles. The van der Waals surface area contributed by atoms with Gasteiger partial charge in [-0.3, -0.25) is 9.59 Å². The number of hydrogen-bond acceptors (Lipinski definition) is 5. The molecule has 0 saturated heterocycles.